The summed E-state index contributed by atoms with van der Waals surface area (Å²) >= 11 is 3.30. The molecule has 0 fully saturated rings. The lowest BCUT2D eigenvalue weighted by atomic mass is 10.2. The van der Waals surface area contributed by atoms with Crippen molar-refractivity contribution < 1.29 is 18.0 Å². The van der Waals surface area contributed by atoms with E-state index in [0.29, 0.717) is 5.58 Å². The molecule has 1 heterocycles. The van der Waals surface area contributed by atoms with Crippen molar-refractivity contribution in [3.05, 3.63) is 64.3 Å². The van der Waals surface area contributed by atoms with Crippen molar-refractivity contribution in [2.45, 2.75) is 0 Å². The van der Waals surface area contributed by atoms with Gasteiger partial charge in [-0.2, -0.15) is 0 Å². The van der Waals surface area contributed by atoms with Crippen molar-refractivity contribution in [1.82, 2.24) is 0 Å². The van der Waals surface area contributed by atoms with Crippen LogP contribution in [-0.2, 0) is 0 Å². The lowest BCUT2D eigenvalue weighted by molar-refractivity contribution is 0.0998. The maximum Gasteiger partial charge on any atom is 0.291 e. The third-order valence-electron chi connectivity index (χ3n) is 2.88. The van der Waals surface area contributed by atoms with Crippen LogP contribution < -0.4 is 5.32 Å². The summed E-state index contributed by atoms with van der Waals surface area (Å²) in [7, 11) is 0. The Balaban J connectivity index is 1.91. The Labute approximate surface area is 126 Å². The van der Waals surface area contributed by atoms with Crippen LogP contribution in [0.1, 0.15) is 10.6 Å². The molecule has 0 radical (unpaired) electrons. The van der Waals surface area contributed by atoms with Gasteiger partial charge in [0.2, 0.25) is 0 Å². The second-order valence-electron chi connectivity index (χ2n) is 4.37. The number of fused-ring (bicyclic) bond motifs is 1. The van der Waals surface area contributed by atoms with E-state index in [2.05, 4.69) is 21.2 Å². The van der Waals surface area contributed by atoms with Gasteiger partial charge in [0.15, 0.2) is 5.76 Å². The fraction of sp³-hybridized carbons (Fsp3) is 0. The Morgan fingerprint density at radius 3 is 2.71 bits per heavy atom. The van der Waals surface area contributed by atoms with Crippen LogP contribution in [0.25, 0.3) is 11.0 Å². The van der Waals surface area contributed by atoms with E-state index in [1.807, 2.05) is 6.07 Å². The van der Waals surface area contributed by atoms with Crippen molar-refractivity contribution in [3.8, 4) is 0 Å². The third kappa shape index (κ3) is 2.80. The van der Waals surface area contributed by atoms with Gasteiger partial charge in [-0.3, -0.25) is 4.79 Å². The minimum absolute atomic E-state index is 0.0201. The quantitative estimate of drug-likeness (QED) is 0.725. The summed E-state index contributed by atoms with van der Waals surface area (Å²) in [5, 5.41) is 3.02. The van der Waals surface area contributed by atoms with Crippen molar-refractivity contribution in [3.63, 3.8) is 0 Å². The SMILES string of the molecule is O=C(Nc1cc(F)ccc1F)c1cc2ccc(Br)cc2o1. The second kappa shape index (κ2) is 5.29. The molecule has 1 aromatic heterocycles. The molecule has 1 N–H and O–H groups in total. The van der Waals surface area contributed by atoms with E-state index in [1.165, 1.54) is 6.07 Å². The van der Waals surface area contributed by atoms with Crippen LogP contribution in [0.2, 0.25) is 0 Å². The number of hydrogen-bond donors (Lipinski definition) is 1. The van der Waals surface area contributed by atoms with Crippen molar-refractivity contribution in [2.24, 2.45) is 0 Å². The molecule has 0 aliphatic carbocycles. The molecule has 0 aliphatic heterocycles. The summed E-state index contributed by atoms with van der Waals surface area (Å²) in [5.74, 6) is -1.98. The summed E-state index contributed by atoms with van der Waals surface area (Å²) < 4.78 is 32.8. The molecule has 0 aliphatic rings. The fourth-order valence-electron chi connectivity index (χ4n) is 1.89. The van der Waals surface area contributed by atoms with Gasteiger partial charge in [0.1, 0.15) is 17.2 Å². The van der Waals surface area contributed by atoms with Gasteiger partial charge in [0, 0.05) is 15.9 Å². The monoisotopic (exact) mass is 351 g/mol. The Morgan fingerprint density at radius 2 is 1.90 bits per heavy atom. The molecule has 21 heavy (non-hydrogen) atoms. The van der Waals surface area contributed by atoms with Gasteiger partial charge in [-0.25, -0.2) is 8.78 Å². The Hall–Kier alpha value is -2.21. The number of hydrogen-bond acceptors (Lipinski definition) is 2. The molecule has 0 bridgehead atoms. The number of carbonyl (C=O) groups excluding carboxylic acids is 1. The summed E-state index contributed by atoms with van der Waals surface area (Å²) in [6.07, 6.45) is 0. The molecule has 3 nitrogen and oxygen atoms in total. The molecule has 3 aromatic rings. The molecule has 6 heteroatoms. The van der Waals surface area contributed by atoms with E-state index >= 15 is 0 Å². The number of rotatable bonds is 2. The normalized spacial score (nSPS) is 10.8. The Morgan fingerprint density at radius 1 is 1.10 bits per heavy atom. The van der Waals surface area contributed by atoms with Crippen LogP contribution in [0.4, 0.5) is 14.5 Å². The number of anilines is 1. The van der Waals surface area contributed by atoms with Crippen LogP contribution in [0.15, 0.2) is 51.4 Å². The van der Waals surface area contributed by atoms with Crippen molar-refractivity contribution >= 4 is 38.5 Å². The zero-order valence-corrected chi connectivity index (χ0v) is 12.1. The summed E-state index contributed by atoms with van der Waals surface area (Å²) in [6, 6.07) is 9.67. The van der Waals surface area contributed by atoms with Gasteiger partial charge in [0.25, 0.3) is 5.91 Å². The first-order valence-electron chi connectivity index (χ1n) is 5.98. The van der Waals surface area contributed by atoms with Gasteiger partial charge >= 0.3 is 0 Å². The summed E-state index contributed by atoms with van der Waals surface area (Å²) in [4.78, 5) is 12.0. The zero-order valence-electron chi connectivity index (χ0n) is 10.5. The molecular formula is C15H8BrF2NO2. The topological polar surface area (TPSA) is 42.2 Å². The molecule has 2 aromatic carbocycles. The molecule has 0 saturated heterocycles. The number of nitrogens with one attached hydrogen (secondary N) is 1. The first-order valence-corrected chi connectivity index (χ1v) is 6.78. The van der Waals surface area contributed by atoms with E-state index in [0.717, 1.165) is 28.1 Å². The molecule has 0 spiro atoms. The van der Waals surface area contributed by atoms with Gasteiger partial charge in [0.05, 0.1) is 5.69 Å². The average Bonchev–Trinajstić information content (AvgIpc) is 2.86. The highest BCUT2D eigenvalue weighted by Gasteiger charge is 2.15. The van der Waals surface area contributed by atoms with Crippen LogP contribution in [0.3, 0.4) is 0 Å². The van der Waals surface area contributed by atoms with Crippen molar-refractivity contribution in [1.29, 1.82) is 0 Å². The predicted octanol–water partition coefficient (Wildman–Crippen LogP) is 4.73. The minimum atomic E-state index is -0.719. The van der Waals surface area contributed by atoms with E-state index in [1.54, 1.807) is 12.1 Å². The fourth-order valence-corrected chi connectivity index (χ4v) is 2.23. The van der Waals surface area contributed by atoms with Gasteiger partial charge in [-0.1, -0.05) is 15.9 Å². The maximum atomic E-state index is 13.5. The molecular weight excluding hydrogens is 344 g/mol. The predicted molar refractivity (Wildman–Crippen MR) is 78.2 cm³/mol. The van der Waals surface area contributed by atoms with Crippen molar-refractivity contribution in [2.75, 3.05) is 5.32 Å². The molecule has 1 amide bonds. The highest BCUT2D eigenvalue weighted by atomic mass is 79.9. The van der Waals surface area contributed by atoms with Gasteiger partial charge in [-0.15, -0.1) is 0 Å². The lowest BCUT2D eigenvalue weighted by Gasteiger charge is -2.04. The number of benzene rings is 2. The summed E-state index contributed by atoms with van der Waals surface area (Å²) in [5.41, 5.74) is 0.288. The molecule has 0 atom stereocenters. The minimum Gasteiger partial charge on any atom is -0.451 e. The van der Waals surface area contributed by atoms with Crippen LogP contribution in [0.5, 0.6) is 0 Å². The van der Waals surface area contributed by atoms with Crippen LogP contribution in [0, 0.1) is 11.6 Å². The number of furan rings is 1. The molecule has 0 unspecified atom stereocenters. The van der Waals surface area contributed by atoms with Gasteiger partial charge in [-0.05, 0) is 36.4 Å². The van der Waals surface area contributed by atoms with Gasteiger partial charge < -0.3 is 9.73 Å². The summed E-state index contributed by atoms with van der Waals surface area (Å²) in [6.45, 7) is 0. The number of halogens is 3. The lowest BCUT2D eigenvalue weighted by Crippen LogP contribution is -2.12. The standard InChI is InChI=1S/C15H8BrF2NO2/c16-9-2-1-8-5-14(21-13(8)6-9)15(20)19-12-7-10(17)3-4-11(12)18/h1-7H,(H,19,20). The first kappa shape index (κ1) is 13.8. The molecule has 0 saturated carbocycles. The van der Waals surface area contributed by atoms with E-state index in [-0.39, 0.29) is 11.4 Å². The van der Waals surface area contributed by atoms with Crippen LogP contribution >= 0.6 is 15.9 Å². The second-order valence-corrected chi connectivity index (χ2v) is 5.29. The maximum absolute atomic E-state index is 13.5. The Kier molecular flexibility index (Phi) is 3.47. The van der Waals surface area contributed by atoms with E-state index < -0.39 is 17.5 Å². The molecule has 3 rings (SSSR count). The number of carbonyl (C=O) groups is 1. The Bertz CT molecular complexity index is 845. The molecule has 106 valence electrons. The van der Waals surface area contributed by atoms with E-state index in [4.69, 9.17) is 4.42 Å². The largest absolute Gasteiger partial charge is 0.451 e. The first-order chi connectivity index (χ1) is 10.0. The highest BCUT2D eigenvalue weighted by Crippen LogP contribution is 2.24. The average molecular weight is 352 g/mol. The smallest absolute Gasteiger partial charge is 0.291 e. The third-order valence-corrected chi connectivity index (χ3v) is 3.38. The zero-order chi connectivity index (χ0) is 15.0. The van der Waals surface area contributed by atoms with E-state index in [9.17, 15) is 13.6 Å². The highest BCUT2D eigenvalue weighted by molar-refractivity contribution is 9.10. The number of amides is 1. The van der Waals surface area contributed by atoms with Crippen LogP contribution in [-0.4, -0.2) is 5.91 Å².